The van der Waals surface area contributed by atoms with Crippen LogP contribution >= 0.6 is 0 Å². The predicted molar refractivity (Wildman–Crippen MR) is 38.9 cm³/mol. The van der Waals surface area contributed by atoms with E-state index in [-0.39, 0.29) is 6.61 Å². The molecule has 0 aromatic rings. The van der Waals surface area contributed by atoms with Gasteiger partial charge in [-0.1, -0.05) is 0 Å². The van der Waals surface area contributed by atoms with E-state index in [2.05, 4.69) is 4.99 Å². The minimum Gasteiger partial charge on any atom is -0.396 e. The van der Waals surface area contributed by atoms with Crippen LogP contribution in [0.2, 0.25) is 0 Å². The quantitative estimate of drug-likeness (QED) is 0.387. The van der Waals surface area contributed by atoms with Crippen molar-refractivity contribution in [3.8, 4) is 0 Å². The molecule has 3 N–H and O–H groups in total. The van der Waals surface area contributed by atoms with Gasteiger partial charge in [0.25, 0.3) is 0 Å². The first-order chi connectivity index (χ1) is 5.72. The van der Waals surface area contributed by atoms with Gasteiger partial charge in [0.1, 0.15) is 0 Å². The summed E-state index contributed by atoms with van der Waals surface area (Å²) in [7, 11) is 0. The molecule has 0 aromatic carbocycles. The summed E-state index contributed by atoms with van der Waals surface area (Å²) >= 11 is 0. The van der Waals surface area contributed by atoms with Crippen LogP contribution in [-0.2, 0) is 9.59 Å². The number of aliphatic hydroxyl groups excluding tert-OH is 2. The molecule has 0 aliphatic carbocycles. The van der Waals surface area contributed by atoms with Gasteiger partial charge in [0.15, 0.2) is 6.23 Å². The summed E-state index contributed by atoms with van der Waals surface area (Å²) in [4.78, 5) is 20.8. The van der Waals surface area contributed by atoms with Crippen LogP contribution in [-0.4, -0.2) is 35.2 Å². The SMILES string of the molecule is N=C=O.O=C=NC(O)CCCO. The molecule has 12 heavy (non-hydrogen) atoms. The fourth-order valence-corrected chi connectivity index (χ4v) is 0.399. The second kappa shape index (κ2) is 12.4. The first kappa shape index (κ1) is 13.3. The third-order valence-corrected chi connectivity index (χ3v) is 0.822. The van der Waals surface area contributed by atoms with E-state index in [0.29, 0.717) is 12.8 Å². The highest BCUT2D eigenvalue weighted by molar-refractivity contribution is 5.33. The van der Waals surface area contributed by atoms with Crippen LogP contribution in [0.5, 0.6) is 0 Å². The molecular formula is C6H10N2O4. The van der Waals surface area contributed by atoms with Gasteiger partial charge in [-0.15, -0.1) is 0 Å². The van der Waals surface area contributed by atoms with Crippen molar-refractivity contribution < 1.29 is 19.8 Å². The van der Waals surface area contributed by atoms with Crippen molar-refractivity contribution in [2.45, 2.75) is 19.1 Å². The Labute approximate surface area is 69.1 Å². The monoisotopic (exact) mass is 174 g/mol. The van der Waals surface area contributed by atoms with Crippen molar-refractivity contribution >= 4 is 12.2 Å². The van der Waals surface area contributed by atoms with Crippen LogP contribution in [0.15, 0.2) is 4.99 Å². The smallest absolute Gasteiger partial charge is 0.237 e. The van der Waals surface area contributed by atoms with E-state index in [9.17, 15) is 4.79 Å². The maximum Gasteiger partial charge on any atom is 0.237 e. The van der Waals surface area contributed by atoms with Gasteiger partial charge in [0, 0.05) is 6.61 Å². The Morgan fingerprint density at radius 1 is 1.50 bits per heavy atom. The number of rotatable bonds is 4. The molecule has 0 amide bonds. The molecule has 0 spiro atoms. The lowest BCUT2D eigenvalue weighted by Crippen LogP contribution is -2.02. The number of hydrogen-bond donors (Lipinski definition) is 3. The Morgan fingerprint density at radius 3 is 2.33 bits per heavy atom. The van der Waals surface area contributed by atoms with E-state index in [0.717, 1.165) is 6.08 Å². The van der Waals surface area contributed by atoms with Gasteiger partial charge in [0.2, 0.25) is 12.2 Å². The van der Waals surface area contributed by atoms with E-state index < -0.39 is 6.23 Å². The molecule has 6 heteroatoms. The van der Waals surface area contributed by atoms with Gasteiger partial charge in [-0.25, -0.2) is 15.0 Å². The minimum atomic E-state index is -0.991. The Morgan fingerprint density at radius 2 is 2.00 bits per heavy atom. The lowest BCUT2D eigenvalue weighted by atomic mass is 10.3. The summed E-state index contributed by atoms with van der Waals surface area (Å²) in [5, 5.41) is 22.3. The molecule has 0 bridgehead atoms. The van der Waals surface area contributed by atoms with Gasteiger partial charge in [0.05, 0.1) is 0 Å². The molecule has 0 heterocycles. The third-order valence-electron chi connectivity index (χ3n) is 0.822. The first-order valence-corrected chi connectivity index (χ1v) is 3.12. The highest BCUT2D eigenvalue weighted by Gasteiger charge is 1.97. The average Bonchev–Trinajstić information content (AvgIpc) is 2.03. The fraction of sp³-hybridized carbons (Fsp3) is 0.667. The molecule has 0 aliphatic rings. The summed E-state index contributed by atoms with van der Waals surface area (Å²) in [5.74, 6) is 0. The number of aliphatic hydroxyl groups is 2. The highest BCUT2D eigenvalue weighted by Crippen LogP contribution is 1.94. The van der Waals surface area contributed by atoms with Crippen LogP contribution in [0.1, 0.15) is 12.8 Å². The zero-order chi connectivity index (χ0) is 9.82. The van der Waals surface area contributed by atoms with Gasteiger partial charge in [-0.3, -0.25) is 0 Å². The zero-order valence-electron chi connectivity index (χ0n) is 6.36. The molecule has 0 rings (SSSR count). The molecular weight excluding hydrogens is 164 g/mol. The van der Waals surface area contributed by atoms with Crippen LogP contribution in [0.3, 0.4) is 0 Å². The number of nitrogens with one attached hydrogen (secondary N) is 1. The van der Waals surface area contributed by atoms with E-state index in [1.54, 1.807) is 0 Å². The van der Waals surface area contributed by atoms with Crippen molar-refractivity contribution in [2.75, 3.05) is 6.61 Å². The Kier molecular flexibility index (Phi) is 13.7. The van der Waals surface area contributed by atoms with Crippen LogP contribution < -0.4 is 0 Å². The zero-order valence-corrected chi connectivity index (χ0v) is 6.36. The number of nitrogens with zero attached hydrogens (tertiary/aromatic N) is 1. The maximum absolute atomic E-state index is 9.46. The maximum atomic E-state index is 9.46. The van der Waals surface area contributed by atoms with Gasteiger partial charge in [-0.2, -0.15) is 4.99 Å². The standard InChI is InChI=1S/C5H9NO3.CHNO/c7-3-1-2-5(9)6-4-8;2-1-3/h5,7,9H,1-3H2;2H. The number of isocyanates is 2. The summed E-state index contributed by atoms with van der Waals surface area (Å²) in [6.07, 6.45) is 1.74. The van der Waals surface area contributed by atoms with Crippen molar-refractivity contribution in [1.29, 1.82) is 5.41 Å². The van der Waals surface area contributed by atoms with Crippen LogP contribution in [0, 0.1) is 5.41 Å². The van der Waals surface area contributed by atoms with Crippen molar-refractivity contribution in [2.24, 2.45) is 4.99 Å². The number of hydrogen-bond acceptors (Lipinski definition) is 6. The highest BCUT2D eigenvalue weighted by atomic mass is 16.3. The molecule has 1 atom stereocenters. The molecule has 0 aromatic heterocycles. The van der Waals surface area contributed by atoms with E-state index in [1.807, 2.05) is 0 Å². The second-order valence-corrected chi connectivity index (χ2v) is 1.67. The van der Waals surface area contributed by atoms with Crippen LogP contribution in [0.25, 0.3) is 0 Å². The van der Waals surface area contributed by atoms with Gasteiger partial charge >= 0.3 is 0 Å². The predicted octanol–water partition coefficient (Wildman–Crippen LogP) is -0.686. The first-order valence-electron chi connectivity index (χ1n) is 3.12. The van der Waals surface area contributed by atoms with E-state index in [4.69, 9.17) is 20.4 Å². The lowest BCUT2D eigenvalue weighted by molar-refractivity contribution is 0.158. The van der Waals surface area contributed by atoms with Gasteiger partial charge in [-0.05, 0) is 12.8 Å². The molecule has 0 saturated heterocycles. The molecule has 68 valence electrons. The van der Waals surface area contributed by atoms with Gasteiger partial charge < -0.3 is 10.2 Å². The molecule has 0 saturated carbocycles. The summed E-state index contributed by atoms with van der Waals surface area (Å²) in [6, 6.07) is 0. The van der Waals surface area contributed by atoms with Crippen molar-refractivity contribution in [3.05, 3.63) is 0 Å². The lowest BCUT2D eigenvalue weighted by Gasteiger charge is -1.98. The second-order valence-electron chi connectivity index (χ2n) is 1.67. The topological polar surface area (TPSA) is 111 Å². The molecule has 0 aliphatic heterocycles. The molecule has 6 nitrogen and oxygen atoms in total. The Balaban J connectivity index is 0. The molecule has 0 radical (unpaired) electrons. The molecule has 1 unspecified atom stereocenters. The minimum absolute atomic E-state index is 0.00539. The molecule has 0 fully saturated rings. The third kappa shape index (κ3) is 15.9. The summed E-state index contributed by atoms with van der Waals surface area (Å²) in [5.41, 5.74) is 0. The summed E-state index contributed by atoms with van der Waals surface area (Å²) in [6.45, 7) is 0.00539. The average molecular weight is 174 g/mol. The Hall–Kier alpha value is -1.32. The largest absolute Gasteiger partial charge is 0.396 e. The fourth-order valence-electron chi connectivity index (χ4n) is 0.399. The van der Waals surface area contributed by atoms with E-state index >= 15 is 0 Å². The van der Waals surface area contributed by atoms with Crippen LogP contribution in [0.4, 0.5) is 0 Å². The Bertz CT molecular complexity index is 170. The summed E-state index contributed by atoms with van der Waals surface area (Å²) < 4.78 is 0. The number of aliphatic imine (C=N–C) groups is 1. The van der Waals surface area contributed by atoms with Crippen molar-refractivity contribution in [1.82, 2.24) is 0 Å². The number of carbonyl (C=O) groups excluding carboxylic acids is 2. The normalized spacial score (nSPS) is 9.83. The van der Waals surface area contributed by atoms with Crippen molar-refractivity contribution in [3.63, 3.8) is 0 Å². The van der Waals surface area contributed by atoms with E-state index in [1.165, 1.54) is 6.08 Å².